The van der Waals surface area contributed by atoms with Crippen molar-refractivity contribution in [3.63, 3.8) is 0 Å². The quantitative estimate of drug-likeness (QED) is 0.658. The summed E-state index contributed by atoms with van der Waals surface area (Å²) < 4.78 is 0. The van der Waals surface area contributed by atoms with E-state index in [0.29, 0.717) is 0 Å². The van der Waals surface area contributed by atoms with Gasteiger partial charge in [-0.3, -0.25) is 10.1 Å². The largest absolute Gasteiger partial charge is 0.318 e. The van der Waals surface area contributed by atoms with Crippen LogP contribution in [0.15, 0.2) is 41.4 Å². The van der Waals surface area contributed by atoms with Crippen molar-refractivity contribution in [3.05, 3.63) is 36.4 Å². The Bertz CT molecular complexity index is 519. The van der Waals surface area contributed by atoms with Gasteiger partial charge in [-0.25, -0.2) is 0 Å². The molecule has 5 heteroatoms. The number of nitrogens with zero attached hydrogens (tertiary/aromatic N) is 2. The van der Waals surface area contributed by atoms with Gasteiger partial charge in [0.25, 0.3) is 0 Å². The summed E-state index contributed by atoms with van der Waals surface area (Å²) in [6.07, 6.45) is 1.99. The number of hydrogen-bond acceptors (Lipinski definition) is 3. The number of hydrogen-bond donors (Lipinski definition) is 2. The summed E-state index contributed by atoms with van der Waals surface area (Å²) in [5.41, 5.74) is 2.12. The number of aliphatic imine (C=N–C) groups is 1. The standard InChI is InChI=1S/C13H16N4S/c1-3-14-13(18-2)15-12-9-11(16-17-12)10-7-5-4-6-8-10/h4-9H,3H2,1-2H3,(H2,14,15,16,17). The highest BCUT2D eigenvalue weighted by Crippen LogP contribution is 2.19. The van der Waals surface area contributed by atoms with Crippen LogP contribution in [0.3, 0.4) is 0 Å². The van der Waals surface area contributed by atoms with Crippen LogP contribution in [0.4, 0.5) is 5.82 Å². The highest BCUT2D eigenvalue weighted by atomic mass is 32.2. The van der Waals surface area contributed by atoms with E-state index in [1.807, 2.05) is 49.6 Å². The van der Waals surface area contributed by atoms with Gasteiger partial charge in [-0.2, -0.15) is 5.10 Å². The van der Waals surface area contributed by atoms with E-state index in [-0.39, 0.29) is 0 Å². The van der Waals surface area contributed by atoms with Crippen LogP contribution in [0.2, 0.25) is 0 Å². The molecule has 0 atom stereocenters. The van der Waals surface area contributed by atoms with Gasteiger partial charge >= 0.3 is 0 Å². The van der Waals surface area contributed by atoms with E-state index in [1.165, 1.54) is 0 Å². The van der Waals surface area contributed by atoms with Crippen molar-refractivity contribution >= 4 is 22.7 Å². The third-order valence-electron chi connectivity index (χ3n) is 2.39. The molecule has 0 aliphatic heterocycles. The molecule has 2 rings (SSSR count). The van der Waals surface area contributed by atoms with Gasteiger partial charge in [-0.15, -0.1) is 0 Å². The number of H-pyrrole nitrogens is 1. The average Bonchev–Trinajstić information content (AvgIpc) is 2.88. The smallest absolute Gasteiger partial charge is 0.161 e. The fourth-order valence-corrected chi connectivity index (χ4v) is 2.02. The summed E-state index contributed by atoms with van der Waals surface area (Å²) in [6, 6.07) is 12.1. The van der Waals surface area contributed by atoms with Crippen molar-refractivity contribution in [1.82, 2.24) is 10.2 Å². The minimum absolute atomic E-state index is 0.763. The first-order valence-corrected chi connectivity index (χ1v) is 7.02. The van der Waals surface area contributed by atoms with Crippen LogP contribution >= 0.6 is 11.8 Å². The van der Waals surface area contributed by atoms with Gasteiger partial charge in [-0.1, -0.05) is 42.1 Å². The molecule has 0 aliphatic carbocycles. The van der Waals surface area contributed by atoms with E-state index in [1.54, 1.807) is 11.8 Å². The molecule has 1 aromatic heterocycles. The van der Waals surface area contributed by atoms with Gasteiger partial charge in [0, 0.05) is 12.6 Å². The van der Waals surface area contributed by atoms with Gasteiger partial charge in [-0.05, 0) is 18.7 Å². The van der Waals surface area contributed by atoms with Crippen LogP contribution in [0.1, 0.15) is 6.92 Å². The lowest BCUT2D eigenvalue weighted by Crippen LogP contribution is -2.07. The number of benzene rings is 1. The molecule has 94 valence electrons. The predicted octanol–water partition coefficient (Wildman–Crippen LogP) is 3.23. The number of anilines is 1. The highest BCUT2D eigenvalue weighted by molar-refractivity contribution is 8.13. The van der Waals surface area contributed by atoms with Crippen molar-refractivity contribution in [2.75, 3.05) is 18.1 Å². The SMILES string of the molecule is CCN=C(Nc1cc(-c2ccccc2)[nH]n1)SC. The summed E-state index contributed by atoms with van der Waals surface area (Å²) in [6.45, 7) is 2.77. The normalized spacial score (nSPS) is 11.6. The fourth-order valence-electron chi connectivity index (χ4n) is 1.56. The Hall–Kier alpha value is -1.75. The van der Waals surface area contributed by atoms with Crippen molar-refractivity contribution in [3.8, 4) is 11.3 Å². The second kappa shape index (κ2) is 6.26. The zero-order valence-electron chi connectivity index (χ0n) is 10.5. The Morgan fingerprint density at radius 2 is 2.17 bits per heavy atom. The van der Waals surface area contributed by atoms with E-state index < -0.39 is 0 Å². The number of rotatable bonds is 3. The molecule has 1 heterocycles. The van der Waals surface area contributed by atoms with Gasteiger partial charge in [0.05, 0.1) is 5.69 Å². The van der Waals surface area contributed by atoms with E-state index >= 15 is 0 Å². The second-order valence-electron chi connectivity index (χ2n) is 3.64. The van der Waals surface area contributed by atoms with Crippen molar-refractivity contribution in [1.29, 1.82) is 0 Å². The zero-order chi connectivity index (χ0) is 12.8. The molecule has 4 nitrogen and oxygen atoms in total. The van der Waals surface area contributed by atoms with Crippen LogP contribution in [0, 0.1) is 0 Å². The Labute approximate surface area is 111 Å². The minimum Gasteiger partial charge on any atom is -0.318 e. The molecule has 0 spiro atoms. The molecule has 0 fully saturated rings. The first kappa shape index (κ1) is 12.7. The molecule has 0 aliphatic rings. The van der Waals surface area contributed by atoms with Gasteiger partial charge in [0.15, 0.2) is 11.0 Å². The summed E-state index contributed by atoms with van der Waals surface area (Å²) in [5.74, 6) is 0.787. The maximum absolute atomic E-state index is 4.33. The minimum atomic E-state index is 0.763. The van der Waals surface area contributed by atoms with E-state index in [0.717, 1.165) is 28.8 Å². The molecule has 0 saturated heterocycles. The Kier molecular flexibility index (Phi) is 4.41. The molecule has 0 amide bonds. The first-order chi connectivity index (χ1) is 8.83. The van der Waals surface area contributed by atoms with Crippen molar-refractivity contribution < 1.29 is 0 Å². The topological polar surface area (TPSA) is 53.1 Å². The number of aromatic nitrogens is 2. The average molecular weight is 260 g/mol. The molecule has 2 N–H and O–H groups in total. The van der Waals surface area contributed by atoms with Crippen molar-refractivity contribution in [2.24, 2.45) is 4.99 Å². The number of nitrogens with one attached hydrogen (secondary N) is 2. The van der Waals surface area contributed by atoms with Crippen LogP contribution in [0.5, 0.6) is 0 Å². The molecule has 18 heavy (non-hydrogen) atoms. The van der Waals surface area contributed by atoms with Crippen molar-refractivity contribution in [2.45, 2.75) is 6.92 Å². The molecule has 1 aromatic carbocycles. The predicted molar refractivity (Wildman–Crippen MR) is 79.1 cm³/mol. The molecular formula is C13H16N4S. The summed E-state index contributed by atoms with van der Waals surface area (Å²) in [4.78, 5) is 4.33. The monoisotopic (exact) mass is 260 g/mol. The van der Waals surface area contributed by atoms with Gasteiger partial charge in [0.1, 0.15) is 0 Å². The molecule has 2 aromatic rings. The molecular weight excluding hydrogens is 244 g/mol. The highest BCUT2D eigenvalue weighted by Gasteiger charge is 2.04. The fraction of sp³-hybridized carbons (Fsp3) is 0.231. The summed E-state index contributed by atoms with van der Waals surface area (Å²) in [5, 5.41) is 11.3. The summed E-state index contributed by atoms with van der Waals surface area (Å²) in [7, 11) is 0. The molecule has 0 saturated carbocycles. The molecule has 0 unspecified atom stereocenters. The Balaban J connectivity index is 2.14. The lowest BCUT2D eigenvalue weighted by Gasteiger charge is -2.02. The molecule has 0 radical (unpaired) electrons. The molecule has 0 bridgehead atoms. The van der Waals surface area contributed by atoms with E-state index in [4.69, 9.17) is 0 Å². The Morgan fingerprint density at radius 3 is 2.83 bits per heavy atom. The van der Waals surface area contributed by atoms with Crippen LogP contribution in [-0.2, 0) is 0 Å². The summed E-state index contributed by atoms with van der Waals surface area (Å²) >= 11 is 1.58. The zero-order valence-corrected chi connectivity index (χ0v) is 11.3. The van der Waals surface area contributed by atoms with Crippen LogP contribution in [0.25, 0.3) is 11.3 Å². The first-order valence-electron chi connectivity index (χ1n) is 5.79. The maximum atomic E-state index is 4.33. The third-order valence-corrected chi connectivity index (χ3v) is 3.01. The lowest BCUT2D eigenvalue weighted by atomic mass is 10.2. The number of amidine groups is 1. The van der Waals surface area contributed by atoms with E-state index in [9.17, 15) is 0 Å². The Morgan fingerprint density at radius 1 is 1.39 bits per heavy atom. The van der Waals surface area contributed by atoms with Crippen LogP contribution in [-0.4, -0.2) is 28.2 Å². The van der Waals surface area contributed by atoms with Gasteiger partial charge < -0.3 is 5.32 Å². The second-order valence-corrected chi connectivity index (χ2v) is 4.44. The van der Waals surface area contributed by atoms with Gasteiger partial charge in [0.2, 0.25) is 0 Å². The third kappa shape index (κ3) is 3.13. The lowest BCUT2D eigenvalue weighted by molar-refractivity contribution is 1.10. The maximum Gasteiger partial charge on any atom is 0.161 e. The van der Waals surface area contributed by atoms with Crippen LogP contribution < -0.4 is 5.32 Å². The number of thioether (sulfide) groups is 1. The van der Waals surface area contributed by atoms with E-state index in [2.05, 4.69) is 20.5 Å². The number of aromatic amines is 1.